The van der Waals surface area contributed by atoms with Crippen molar-refractivity contribution in [2.24, 2.45) is 9.98 Å². The first-order valence-corrected chi connectivity index (χ1v) is 8.31. The highest BCUT2D eigenvalue weighted by molar-refractivity contribution is 8.00. The smallest absolute Gasteiger partial charge is 0.211 e. The number of aliphatic imine (C=N–C) groups is 2. The Morgan fingerprint density at radius 1 is 1.00 bits per heavy atom. The van der Waals surface area contributed by atoms with Gasteiger partial charge >= 0.3 is 0 Å². The summed E-state index contributed by atoms with van der Waals surface area (Å²) in [7, 11) is 0. The van der Waals surface area contributed by atoms with Crippen LogP contribution in [0.3, 0.4) is 0 Å². The van der Waals surface area contributed by atoms with Gasteiger partial charge in [-0.05, 0) is 29.6 Å². The van der Waals surface area contributed by atoms with Crippen molar-refractivity contribution in [2.75, 3.05) is 11.5 Å². The summed E-state index contributed by atoms with van der Waals surface area (Å²) in [6.07, 6.45) is 3.94. The van der Waals surface area contributed by atoms with Crippen molar-refractivity contribution < 1.29 is 9.59 Å². The molecule has 0 atom stereocenters. The van der Waals surface area contributed by atoms with Gasteiger partial charge in [-0.3, -0.25) is 0 Å². The second-order valence-electron chi connectivity index (χ2n) is 3.69. The van der Waals surface area contributed by atoms with Crippen molar-refractivity contribution >= 4 is 47.1 Å². The third-order valence-electron chi connectivity index (χ3n) is 2.56. The molecule has 1 aromatic rings. The van der Waals surface area contributed by atoms with Crippen LogP contribution in [0.15, 0.2) is 25.8 Å². The van der Waals surface area contributed by atoms with Crippen LogP contribution in [-0.4, -0.2) is 23.7 Å². The maximum atomic E-state index is 10.7. The number of isocyanates is 2. The fourth-order valence-corrected chi connectivity index (χ4v) is 3.58. The number of rotatable bonds is 7. The molecule has 0 unspecified atom stereocenters. The van der Waals surface area contributed by atoms with Crippen molar-refractivity contribution in [3.63, 3.8) is 0 Å². The van der Waals surface area contributed by atoms with Crippen LogP contribution >= 0.6 is 23.5 Å². The van der Waals surface area contributed by atoms with E-state index in [2.05, 4.69) is 9.98 Å². The molecule has 4 nitrogen and oxygen atoms in total. The largest absolute Gasteiger partial charge is 0.240 e. The number of aryl methyl sites for hydroxylation is 1. The van der Waals surface area contributed by atoms with Crippen molar-refractivity contribution in [1.82, 2.24) is 0 Å². The third-order valence-corrected chi connectivity index (χ3v) is 4.43. The van der Waals surface area contributed by atoms with Gasteiger partial charge in [0.15, 0.2) is 0 Å². The van der Waals surface area contributed by atoms with Crippen LogP contribution < -0.4 is 0 Å². The Hall–Kier alpha value is -1.32. The summed E-state index contributed by atoms with van der Waals surface area (Å²) in [5.74, 6) is 1.67. The molecule has 0 aliphatic carbocycles. The zero-order chi connectivity index (χ0) is 15.0. The molecule has 20 heavy (non-hydrogen) atoms. The molecular weight excluding hydrogens is 292 g/mol. The number of benzene rings is 1. The highest BCUT2D eigenvalue weighted by atomic mass is 32.2. The summed E-state index contributed by atoms with van der Waals surface area (Å²) in [5.41, 5.74) is 2.10. The lowest BCUT2D eigenvalue weighted by Crippen LogP contribution is -1.90. The van der Waals surface area contributed by atoms with Crippen molar-refractivity contribution in [2.45, 2.75) is 37.0 Å². The van der Waals surface area contributed by atoms with Crippen molar-refractivity contribution in [3.05, 3.63) is 11.6 Å². The van der Waals surface area contributed by atoms with Gasteiger partial charge in [0.2, 0.25) is 12.2 Å². The maximum Gasteiger partial charge on any atom is 0.240 e. The van der Waals surface area contributed by atoms with Gasteiger partial charge in [0.05, 0.1) is 10.6 Å². The molecule has 0 saturated carbocycles. The number of thioether (sulfide) groups is 2. The molecule has 0 fully saturated rings. The van der Waals surface area contributed by atoms with Crippen LogP contribution in [0.4, 0.5) is 11.4 Å². The van der Waals surface area contributed by atoms with E-state index in [9.17, 15) is 9.59 Å². The molecular formula is C14H16N2O2S2. The van der Waals surface area contributed by atoms with Crippen LogP contribution in [0.1, 0.15) is 26.3 Å². The highest BCUT2D eigenvalue weighted by Crippen LogP contribution is 2.46. The van der Waals surface area contributed by atoms with Crippen LogP contribution in [0, 0.1) is 0 Å². The Bertz CT molecular complexity index is 575. The average molecular weight is 308 g/mol. The Balaban J connectivity index is 3.69. The quantitative estimate of drug-likeness (QED) is 0.425. The van der Waals surface area contributed by atoms with Gasteiger partial charge in [-0.25, -0.2) is 9.59 Å². The molecule has 0 aliphatic heterocycles. The fraction of sp³-hybridized carbons (Fsp3) is 0.429. The summed E-state index contributed by atoms with van der Waals surface area (Å²) in [5, 5.41) is 0. The molecule has 0 spiro atoms. The SMILES string of the molecule is CCSc1cc(CC)c(N=C=O)c(SCC)c1N=C=O. The third kappa shape index (κ3) is 3.84. The van der Waals surface area contributed by atoms with Gasteiger partial charge in [-0.2, -0.15) is 9.98 Å². The molecule has 0 aromatic heterocycles. The minimum Gasteiger partial charge on any atom is -0.211 e. The van der Waals surface area contributed by atoms with E-state index in [1.165, 1.54) is 11.8 Å². The Labute approximate surface area is 127 Å². The molecule has 0 amide bonds. The lowest BCUT2D eigenvalue weighted by molar-refractivity contribution is 0.564. The molecule has 1 aromatic carbocycles. The lowest BCUT2D eigenvalue weighted by atomic mass is 10.1. The Morgan fingerprint density at radius 3 is 2.10 bits per heavy atom. The standard InChI is InChI=1S/C14H16N2O2S2/c1-4-10-7-11(19-5-2)13(16-9-18)14(20-6-3)12(10)15-8-17/h7H,4-6H2,1-3H3. The predicted octanol–water partition coefficient (Wildman–Crippen LogP) is 4.41. The van der Waals surface area contributed by atoms with E-state index < -0.39 is 0 Å². The van der Waals surface area contributed by atoms with Gasteiger partial charge in [0.1, 0.15) is 5.69 Å². The van der Waals surface area contributed by atoms with E-state index in [1.54, 1.807) is 23.9 Å². The summed E-state index contributed by atoms with van der Waals surface area (Å²) >= 11 is 3.13. The minimum atomic E-state index is 0.560. The first-order chi connectivity index (χ1) is 9.73. The van der Waals surface area contributed by atoms with Gasteiger partial charge in [0, 0.05) is 4.90 Å². The second-order valence-corrected chi connectivity index (χ2v) is 6.27. The van der Waals surface area contributed by atoms with E-state index in [0.29, 0.717) is 11.4 Å². The number of nitrogens with zero attached hydrogens (tertiary/aromatic N) is 2. The molecule has 0 bridgehead atoms. The lowest BCUT2D eigenvalue weighted by Gasteiger charge is -2.14. The van der Waals surface area contributed by atoms with E-state index in [-0.39, 0.29) is 0 Å². The van der Waals surface area contributed by atoms with Crippen molar-refractivity contribution in [3.8, 4) is 0 Å². The Kier molecular flexibility index (Phi) is 7.34. The van der Waals surface area contributed by atoms with E-state index >= 15 is 0 Å². The second kappa shape index (κ2) is 8.77. The molecule has 0 heterocycles. The number of hydrogen-bond acceptors (Lipinski definition) is 6. The summed E-state index contributed by atoms with van der Waals surface area (Å²) in [4.78, 5) is 30.7. The Morgan fingerprint density at radius 2 is 1.60 bits per heavy atom. The molecule has 0 saturated heterocycles. The van der Waals surface area contributed by atoms with Gasteiger partial charge in [-0.15, -0.1) is 23.5 Å². The monoisotopic (exact) mass is 308 g/mol. The van der Waals surface area contributed by atoms with Gasteiger partial charge in [0.25, 0.3) is 0 Å². The summed E-state index contributed by atoms with van der Waals surface area (Å²) in [6, 6.07) is 1.94. The van der Waals surface area contributed by atoms with Gasteiger partial charge < -0.3 is 0 Å². The zero-order valence-corrected chi connectivity index (χ0v) is 13.4. The summed E-state index contributed by atoms with van der Waals surface area (Å²) < 4.78 is 0. The number of hydrogen-bond donors (Lipinski definition) is 0. The van der Waals surface area contributed by atoms with Crippen LogP contribution in [-0.2, 0) is 16.0 Å². The molecule has 1 rings (SSSR count). The first-order valence-electron chi connectivity index (χ1n) is 6.34. The molecule has 0 radical (unpaired) electrons. The first kappa shape index (κ1) is 16.7. The van der Waals surface area contributed by atoms with Gasteiger partial charge in [-0.1, -0.05) is 20.8 Å². The van der Waals surface area contributed by atoms with E-state index in [0.717, 1.165) is 33.3 Å². The van der Waals surface area contributed by atoms with Crippen molar-refractivity contribution in [1.29, 1.82) is 0 Å². The predicted molar refractivity (Wildman–Crippen MR) is 84.2 cm³/mol. The zero-order valence-electron chi connectivity index (χ0n) is 11.7. The maximum absolute atomic E-state index is 10.7. The molecule has 0 N–H and O–H groups in total. The van der Waals surface area contributed by atoms with Crippen LogP contribution in [0.5, 0.6) is 0 Å². The fourth-order valence-electron chi connectivity index (χ4n) is 1.80. The minimum absolute atomic E-state index is 0.560. The molecule has 6 heteroatoms. The molecule has 106 valence electrons. The van der Waals surface area contributed by atoms with Crippen LogP contribution in [0.25, 0.3) is 0 Å². The summed E-state index contributed by atoms with van der Waals surface area (Å²) in [6.45, 7) is 6.04. The number of carbonyl (C=O) groups excluding carboxylic acids is 2. The van der Waals surface area contributed by atoms with E-state index in [1.807, 2.05) is 26.8 Å². The van der Waals surface area contributed by atoms with Crippen LogP contribution in [0.2, 0.25) is 0 Å². The highest BCUT2D eigenvalue weighted by Gasteiger charge is 2.17. The van der Waals surface area contributed by atoms with E-state index in [4.69, 9.17) is 0 Å². The normalized spacial score (nSPS) is 9.75. The molecule has 0 aliphatic rings. The average Bonchev–Trinajstić information content (AvgIpc) is 2.45. The topological polar surface area (TPSA) is 58.9 Å².